The van der Waals surface area contributed by atoms with Crippen LogP contribution in [-0.4, -0.2) is 48.2 Å². The molecule has 0 aliphatic carbocycles. The molecule has 0 saturated heterocycles. The van der Waals surface area contributed by atoms with Gasteiger partial charge in [0.15, 0.2) is 0 Å². The van der Waals surface area contributed by atoms with Crippen molar-refractivity contribution >= 4 is 23.6 Å². The number of nitrogens with one attached hydrogen (secondary N) is 1. The van der Waals surface area contributed by atoms with E-state index >= 15 is 0 Å². The van der Waals surface area contributed by atoms with Gasteiger partial charge in [-0.15, -0.1) is 11.8 Å². The number of amides is 1. The minimum Gasteiger partial charge on any atom is -0.481 e. The Bertz CT molecular complexity index is 223. The number of carboxylic acids is 1. The lowest BCUT2D eigenvalue weighted by Crippen LogP contribution is -2.26. The second-order valence-electron chi connectivity index (χ2n) is 3.38. The zero-order valence-corrected chi connectivity index (χ0v) is 10.5. The highest BCUT2D eigenvalue weighted by molar-refractivity contribution is 7.99. The van der Waals surface area contributed by atoms with Crippen molar-refractivity contribution in [2.24, 2.45) is 0 Å². The summed E-state index contributed by atoms with van der Waals surface area (Å²) in [6, 6.07) is 0. The standard InChI is InChI=1S/C10H19NO4S/c1-8(15-2)3-4-9(12)11-5-6-16-7-10(13)14/h8H,3-7H2,1-2H3,(H,11,12)(H,13,14). The Balaban J connectivity index is 3.33. The van der Waals surface area contributed by atoms with E-state index in [0.29, 0.717) is 25.1 Å². The van der Waals surface area contributed by atoms with Crippen LogP contribution < -0.4 is 5.32 Å². The van der Waals surface area contributed by atoms with Crippen LogP contribution in [0.5, 0.6) is 0 Å². The topological polar surface area (TPSA) is 75.6 Å². The summed E-state index contributed by atoms with van der Waals surface area (Å²) < 4.78 is 5.02. The maximum atomic E-state index is 11.3. The van der Waals surface area contributed by atoms with Crippen molar-refractivity contribution in [3.63, 3.8) is 0 Å². The molecule has 1 unspecified atom stereocenters. The van der Waals surface area contributed by atoms with E-state index in [9.17, 15) is 9.59 Å². The number of hydrogen-bond acceptors (Lipinski definition) is 4. The predicted octanol–water partition coefficient (Wildman–Crippen LogP) is 0.735. The lowest BCUT2D eigenvalue weighted by Gasteiger charge is -2.09. The van der Waals surface area contributed by atoms with Crippen LogP contribution in [0.15, 0.2) is 0 Å². The summed E-state index contributed by atoms with van der Waals surface area (Å²) >= 11 is 1.29. The van der Waals surface area contributed by atoms with Crippen molar-refractivity contribution in [1.29, 1.82) is 0 Å². The molecule has 16 heavy (non-hydrogen) atoms. The number of carbonyl (C=O) groups is 2. The second kappa shape index (κ2) is 9.47. The smallest absolute Gasteiger partial charge is 0.313 e. The molecule has 5 nitrogen and oxygen atoms in total. The van der Waals surface area contributed by atoms with Gasteiger partial charge in [-0.05, 0) is 13.3 Å². The minimum atomic E-state index is -0.828. The van der Waals surface area contributed by atoms with Gasteiger partial charge in [-0.25, -0.2) is 0 Å². The number of hydrogen-bond donors (Lipinski definition) is 2. The van der Waals surface area contributed by atoms with E-state index < -0.39 is 5.97 Å². The Morgan fingerprint density at radius 1 is 1.50 bits per heavy atom. The molecular formula is C10H19NO4S. The van der Waals surface area contributed by atoms with E-state index in [2.05, 4.69) is 5.32 Å². The van der Waals surface area contributed by atoms with Gasteiger partial charge in [-0.2, -0.15) is 0 Å². The van der Waals surface area contributed by atoms with Crippen molar-refractivity contribution in [2.45, 2.75) is 25.9 Å². The predicted molar refractivity (Wildman–Crippen MR) is 63.7 cm³/mol. The summed E-state index contributed by atoms with van der Waals surface area (Å²) in [5, 5.41) is 11.1. The number of ether oxygens (including phenoxy) is 1. The van der Waals surface area contributed by atoms with Gasteiger partial charge >= 0.3 is 5.97 Å². The largest absolute Gasteiger partial charge is 0.481 e. The fourth-order valence-corrected chi connectivity index (χ4v) is 1.53. The van der Waals surface area contributed by atoms with Crippen LogP contribution in [0, 0.1) is 0 Å². The van der Waals surface area contributed by atoms with Crippen LogP contribution in [0.2, 0.25) is 0 Å². The summed E-state index contributed by atoms with van der Waals surface area (Å²) in [7, 11) is 1.62. The average Bonchev–Trinajstić information content (AvgIpc) is 2.24. The van der Waals surface area contributed by atoms with Gasteiger partial charge in [0.05, 0.1) is 11.9 Å². The first-order valence-corrected chi connectivity index (χ1v) is 6.30. The molecule has 94 valence electrons. The van der Waals surface area contributed by atoms with Crippen LogP contribution >= 0.6 is 11.8 Å². The summed E-state index contributed by atoms with van der Waals surface area (Å²) in [5.41, 5.74) is 0. The third kappa shape index (κ3) is 9.79. The first kappa shape index (κ1) is 15.2. The van der Waals surface area contributed by atoms with Crippen molar-refractivity contribution in [1.82, 2.24) is 5.32 Å². The highest BCUT2D eigenvalue weighted by atomic mass is 32.2. The highest BCUT2D eigenvalue weighted by Gasteiger charge is 2.05. The van der Waals surface area contributed by atoms with Crippen LogP contribution in [0.1, 0.15) is 19.8 Å². The Hall–Kier alpha value is -0.750. The number of carbonyl (C=O) groups excluding carboxylic acids is 1. The van der Waals surface area contributed by atoms with Crippen molar-refractivity contribution in [2.75, 3.05) is 25.2 Å². The van der Waals surface area contributed by atoms with Gasteiger partial charge in [-0.3, -0.25) is 9.59 Å². The van der Waals surface area contributed by atoms with E-state index in [-0.39, 0.29) is 17.8 Å². The van der Waals surface area contributed by atoms with E-state index in [1.165, 1.54) is 11.8 Å². The zero-order chi connectivity index (χ0) is 12.4. The van der Waals surface area contributed by atoms with Gasteiger partial charge in [0.25, 0.3) is 0 Å². The number of rotatable bonds is 9. The summed E-state index contributed by atoms with van der Waals surface area (Å²) in [4.78, 5) is 21.5. The molecule has 0 aromatic carbocycles. The molecule has 0 rings (SSSR count). The van der Waals surface area contributed by atoms with Crippen LogP contribution in [0.25, 0.3) is 0 Å². The molecule has 0 aromatic rings. The molecular weight excluding hydrogens is 230 g/mol. The highest BCUT2D eigenvalue weighted by Crippen LogP contribution is 2.00. The van der Waals surface area contributed by atoms with Crippen LogP contribution in [-0.2, 0) is 14.3 Å². The summed E-state index contributed by atoms with van der Waals surface area (Å²) in [5.74, 6) is -0.140. The summed E-state index contributed by atoms with van der Waals surface area (Å²) in [6.07, 6.45) is 1.23. The Morgan fingerprint density at radius 3 is 2.75 bits per heavy atom. The van der Waals surface area contributed by atoms with Crippen molar-refractivity contribution in [3.8, 4) is 0 Å². The molecule has 0 heterocycles. The number of carboxylic acid groups (broad SMARTS) is 1. The Morgan fingerprint density at radius 2 is 2.19 bits per heavy atom. The molecule has 0 saturated carbocycles. The molecule has 2 N–H and O–H groups in total. The van der Waals surface area contributed by atoms with E-state index in [1.54, 1.807) is 7.11 Å². The average molecular weight is 249 g/mol. The molecule has 0 fully saturated rings. The molecule has 0 radical (unpaired) electrons. The van der Waals surface area contributed by atoms with E-state index in [4.69, 9.17) is 9.84 Å². The SMILES string of the molecule is COC(C)CCC(=O)NCCSCC(=O)O. The first-order chi connectivity index (χ1) is 7.56. The molecule has 0 aliphatic heterocycles. The van der Waals surface area contributed by atoms with Gasteiger partial charge < -0.3 is 15.2 Å². The fraction of sp³-hybridized carbons (Fsp3) is 0.800. The minimum absolute atomic E-state index is 0.0141. The van der Waals surface area contributed by atoms with Gasteiger partial charge in [0.2, 0.25) is 5.91 Å². The van der Waals surface area contributed by atoms with Crippen LogP contribution in [0.3, 0.4) is 0 Å². The van der Waals surface area contributed by atoms with E-state index in [0.717, 1.165) is 0 Å². The molecule has 1 amide bonds. The van der Waals surface area contributed by atoms with Crippen molar-refractivity contribution < 1.29 is 19.4 Å². The monoisotopic (exact) mass is 249 g/mol. The molecule has 0 aromatic heterocycles. The third-order valence-corrected chi connectivity index (χ3v) is 2.92. The normalized spacial score (nSPS) is 12.1. The molecule has 1 atom stereocenters. The van der Waals surface area contributed by atoms with Crippen LogP contribution in [0.4, 0.5) is 0 Å². The van der Waals surface area contributed by atoms with Gasteiger partial charge in [0, 0.05) is 25.8 Å². The second-order valence-corrected chi connectivity index (χ2v) is 4.49. The quantitative estimate of drug-likeness (QED) is 0.589. The van der Waals surface area contributed by atoms with Gasteiger partial charge in [0.1, 0.15) is 0 Å². The van der Waals surface area contributed by atoms with Gasteiger partial charge in [-0.1, -0.05) is 0 Å². The lowest BCUT2D eigenvalue weighted by atomic mass is 10.2. The molecule has 0 spiro atoms. The number of thioether (sulfide) groups is 1. The molecule has 0 bridgehead atoms. The Kier molecular flexibility index (Phi) is 9.03. The zero-order valence-electron chi connectivity index (χ0n) is 9.69. The number of methoxy groups -OCH3 is 1. The number of aliphatic carboxylic acids is 1. The lowest BCUT2D eigenvalue weighted by molar-refractivity contribution is -0.133. The maximum Gasteiger partial charge on any atom is 0.313 e. The Labute approximate surface area is 99.9 Å². The fourth-order valence-electron chi connectivity index (χ4n) is 0.963. The molecule has 0 aliphatic rings. The third-order valence-electron chi connectivity index (χ3n) is 1.97. The maximum absolute atomic E-state index is 11.3. The van der Waals surface area contributed by atoms with E-state index in [1.807, 2.05) is 6.92 Å². The summed E-state index contributed by atoms with van der Waals surface area (Å²) in [6.45, 7) is 2.42. The van der Waals surface area contributed by atoms with Crippen molar-refractivity contribution in [3.05, 3.63) is 0 Å². The molecule has 6 heteroatoms. The first-order valence-electron chi connectivity index (χ1n) is 5.15.